The molecule has 1 atom stereocenters. The SMILES string of the molecule is COc1ccc2c(c1)C(C[N+](=O)[O-])O/C2=C\c1ccccc1. The monoisotopic (exact) mass is 297 g/mol. The van der Waals surface area contributed by atoms with Crippen molar-refractivity contribution >= 4 is 11.8 Å². The lowest BCUT2D eigenvalue weighted by Crippen LogP contribution is -2.11. The molecule has 0 N–H and O–H groups in total. The molecular weight excluding hydrogens is 282 g/mol. The summed E-state index contributed by atoms with van der Waals surface area (Å²) in [6.07, 6.45) is 1.31. The number of hydrogen-bond acceptors (Lipinski definition) is 4. The molecule has 1 heterocycles. The van der Waals surface area contributed by atoms with Gasteiger partial charge in [-0.2, -0.15) is 0 Å². The molecule has 1 unspecified atom stereocenters. The predicted octanol–water partition coefficient (Wildman–Crippen LogP) is 3.54. The van der Waals surface area contributed by atoms with Crippen molar-refractivity contribution in [1.82, 2.24) is 0 Å². The van der Waals surface area contributed by atoms with Crippen molar-refractivity contribution in [3.05, 3.63) is 75.3 Å². The number of fused-ring (bicyclic) bond motifs is 1. The van der Waals surface area contributed by atoms with Crippen LogP contribution in [0.4, 0.5) is 0 Å². The van der Waals surface area contributed by atoms with E-state index in [1.165, 1.54) is 0 Å². The summed E-state index contributed by atoms with van der Waals surface area (Å²) in [5, 5.41) is 10.9. The van der Waals surface area contributed by atoms with E-state index in [0.717, 1.165) is 16.7 Å². The molecule has 1 aliphatic heterocycles. The summed E-state index contributed by atoms with van der Waals surface area (Å²) in [4.78, 5) is 10.5. The molecule has 1 aliphatic rings. The number of benzene rings is 2. The van der Waals surface area contributed by atoms with Crippen LogP contribution in [-0.4, -0.2) is 18.6 Å². The van der Waals surface area contributed by atoms with Gasteiger partial charge in [-0.1, -0.05) is 30.3 Å². The molecule has 0 radical (unpaired) electrons. The second-order valence-electron chi connectivity index (χ2n) is 4.99. The average molecular weight is 297 g/mol. The Morgan fingerprint density at radius 2 is 2.05 bits per heavy atom. The lowest BCUT2D eigenvalue weighted by molar-refractivity contribution is -0.490. The summed E-state index contributed by atoms with van der Waals surface area (Å²) in [6, 6.07) is 15.2. The number of hydrogen-bond donors (Lipinski definition) is 0. The van der Waals surface area contributed by atoms with Gasteiger partial charge in [0.1, 0.15) is 11.5 Å². The number of ether oxygens (including phenoxy) is 2. The molecule has 22 heavy (non-hydrogen) atoms. The molecule has 0 saturated carbocycles. The van der Waals surface area contributed by atoms with Crippen LogP contribution < -0.4 is 4.74 Å². The van der Waals surface area contributed by atoms with Gasteiger partial charge in [-0.3, -0.25) is 10.1 Å². The summed E-state index contributed by atoms with van der Waals surface area (Å²) in [5.41, 5.74) is 2.65. The highest BCUT2D eigenvalue weighted by Crippen LogP contribution is 2.41. The lowest BCUT2D eigenvalue weighted by atomic mass is 10.0. The van der Waals surface area contributed by atoms with Gasteiger partial charge < -0.3 is 9.47 Å². The van der Waals surface area contributed by atoms with Crippen LogP contribution in [-0.2, 0) is 4.74 Å². The third-order valence-corrected chi connectivity index (χ3v) is 3.55. The Balaban J connectivity index is 2.02. The van der Waals surface area contributed by atoms with E-state index in [-0.39, 0.29) is 11.5 Å². The molecule has 0 spiro atoms. The van der Waals surface area contributed by atoms with Gasteiger partial charge in [0.05, 0.1) is 7.11 Å². The first-order valence-electron chi connectivity index (χ1n) is 6.91. The molecule has 2 aromatic rings. The summed E-state index contributed by atoms with van der Waals surface area (Å²) in [5.74, 6) is 1.31. The summed E-state index contributed by atoms with van der Waals surface area (Å²) in [6.45, 7) is -0.272. The van der Waals surface area contributed by atoms with Gasteiger partial charge in [0.25, 0.3) is 0 Å². The smallest absolute Gasteiger partial charge is 0.244 e. The fourth-order valence-corrected chi connectivity index (χ4v) is 2.52. The van der Waals surface area contributed by atoms with Crippen molar-refractivity contribution in [2.24, 2.45) is 0 Å². The van der Waals surface area contributed by atoms with Crippen molar-refractivity contribution in [3.8, 4) is 5.75 Å². The molecule has 0 saturated heterocycles. The van der Waals surface area contributed by atoms with Gasteiger partial charge >= 0.3 is 0 Å². The van der Waals surface area contributed by atoms with E-state index in [4.69, 9.17) is 9.47 Å². The van der Waals surface area contributed by atoms with E-state index in [0.29, 0.717) is 11.5 Å². The molecule has 0 amide bonds. The third-order valence-electron chi connectivity index (χ3n) is 3.55. The minimum Gasteiger partial charge on any atom is -0.497 e. The van der Waals surface area contributed by atoms with E-state index in [2.05, 4.69) is 0 Å². The molecule has 112 valence electrons. The number of rotatable bonds is 4. The van der Waals surface area contributed by atoms with Crippen LogP contribution in [0.2, 0.25) is 0 Å². The maximum absolute atomic E-state index is 10.9. The molecule has 0 bridgehead atoms. The molecular formula is C17H15NO4. The van der Waals surface area contributed by atoms with Crippen molar-refractivity contribution in [2.75, 3.05) is 13.7 Å². The highest BCUT2D eigenvalue weighted by molar-refractivity contribution is 5.81. The fraction of sp³-hybridized carbons (Fsp3) is 0.176. The normalized spacial score (nSPS) is 17.9. The predicted molar refractivity (Wildman–Crippen MR) is 83.0 cm³/mol. The molecule has 0 fully saturated rings. The topological polar surface area (TPSA) is 61.6 Å². The van der Waals surface area contributed by atoms with Crippen LogP contribution in [0.15, 0.2) is 48.5 Å². The molecule has 2 aromatic carbocycles. The maximum Gasteiger partial charge on any atom is 0.244 e. The zero-order chi connectivity index (χ0) is 15.5. The molecule has 5 nitrogen and oxygen atoms in total. The standard InChI is InChI=1S/C17H15NO4/c1-21-13-7-8-14-15(10-13)17(11-18(19)20)22-16(14)9-12-5-3-2-4-6-12/h2-10,17H,11H2,1H3/b16-9-. The Bertz CT molecular complexity index is 725. The Hall–Kier alpha value is -2.82. The van der Waals surface area contributed by atoms with E-state index in [9.17, 15) is 10.1 Å². The average Bonchev–Trinajstić information content (AvgIpc) is 2.84. The largest absolute Gasteiger partial charge is 0.497 e. The molecule has 0 aromatic heterocycles. The van der Waals surface area contributed by atoms with Crippen LogP contribution in [0.3, 0.4) is 0 Å². The molecule has 3 rings (SSSR count). The first-order valence-corrected chi connectivity index (χ1v) is 6.91. The third kappa shape index (κ3) is 2.79. The first kappa shape index (κ1) is 14.1. The minimum absolute atomic E-state index is 0.272. The van der Waals surface area contributed by atoms with Gasteiger partial charge in [-0.05, 0) is 29.8 Å². The zero-order valence-electron chi connectivity index (χ0n) is 12.1. The van der Waals surface area contributed by atoms with E-state index in [1.807, 2.05) is 48.5 Å². The Morgan fingerprint density at radius 3 is 2.73 bits per heavy atom. The highest BCUT2D eigenvalue weighted by atomic mass is 16.6. The maximum atomic E-state index is 10.9. The molecule has 0 aliphatic carbocycles. The van der Waals surface area contributed by atoms with E-state index in [1.54, 1.807) is 13.2 Å². The number of nitrogens with zero attached hydrogens (tertiary/aromatic N) is 1. The van der Waals surface area contributed by atoms with Crippen molar-refractivity contribution in [1.29, 1.82) is 0 Å². The fourth-order valence-electron chi connectivity index (χ4n) is 2.52. The van der Waals surface area contributed by atoms with Crippen LogP contribution in [0.25, 0.3) is 11.8 Å². The van der Waals surface area contributed by atoms with Gasteiger partial charge in [-0.25, -0.2) is 0 Å². The van der Waals surface area contributed by atoms with Gasteiger partial charge in [0, 0.05) is 16.1 Å². The lowest BCUT2D eigenvalue weighted by Gasteiger charge is -2.07. The first-order chi connectivity index (χ1) is 10.7. The Kier molecular flexibility index (Phi) is 3.78. The summed E-state index contributed by atoms with van der Waals surface area (Å²) in [7, 11) is 1.57. The van der Waals surface area contributed by atoms with Crippen LogP contribution in [0.5, 0.6) is 5.75 Å². The number of methoxy groups -OCH3 is 1. The Labute approximate surface area is 127 Å². The van der Waals surface area contributed by atoms with Crippen LogP contribution in [0.1, 0.15) is 22.8 Å². The Morgan fingerprint density at radius 1 is 1.27 bits per heavy atom. The number of nitro groups is 1. The summed E-state index contributed by atoms with van der Waals surface area (Å²) >= 11 is 0. The van der Waals surface area contributed by atoms with Crippen molar-refractivity contribution < 1.29 is 14.4 Å². The quantitative estimate of drug-likeness (QED) is 0.639. The van der Waals surface area contributed by atoms with E-state index >= 15 is 0 Å². The second-order valence-corrected chi connectivity index (χ2v) is 4.99. The molecule has 5 heteroatoms. The second kappa shape index (κ2) is 5.89. The van der Waals surface area contributed by atoms with Gasteiger partial charge in [-0.15, -0.1) is 0 Å². The van der Waals surface area contributed by atoms with Gasteiger partial charge in [0.2, 0.25) is 6.54 Å². The van der Waals surface area contributed by atoms with Crippen LogP contribution >= 0.6 is 0 Å². The van der Waals surface area contributed by atoms with Crippen LogP contribution in [0, 0.1) is 10.1 Å². The highest BCUT2D eigenvalue weighted by Gasteiger charge is 2.32. The zero-order valence-corrected chi connectivity index (χ0v) is 12.1. The van der Waals surface area contributed by atoms with Crippen molar-refractivity contribution in [2.45, 2.75) is 6.10 Å². The summed E-state index contributed by atoms with van der Waals surface area (Å²) < 4.78 is 11.0. The van der Waals surface area contributed by atoms with Crippen molar-refractivity contribution in [3.63, 3.8) is 0 Å². The minimum atomic E-state index is -0.588. The van der Waals surface area contributed by atoms with Gasteiger partial charge in [0.15, 0.2) is 6.10 Å². The van der Waals surface area contributed by atoms with E-state index < -0.39 is 6.10 Å².